The average Bonchev–Trinajstić information content (AvgIpc) is 2.24. The quantitative estimate of drug-likeness (QED) is 0.782. The molecule has 0 bridgehead atoms. The summed E-state index contributed by atoms with van der Waals surface area (Å²) >= 11 is 5.90. The fourth-order valence-electron chi connectivity index (χ4n) is 1.64. The second kappa shape index (κ2) is 4.54. The fourth-order valence-corrected chi connectivity index (χ4v) is 1.86. The third-order valence-electron chi connectivity index (χ3n) is 2.50. The van der Waals surface area contributed by atoms with Gasteiger partial charge < -0.3 is 4.57 Å². The van der Waals surface area contributed by atoms with Crippen LogP contribution in [-0.2, 0) is 6.54 Å². The van der Waals surface area contributed by atoms with Crippen molar-refractivity contribution in [1.82, 2.24) is 4.57 Å². The number of nitrogens with zero attached hydrogens (tertiary/aromatic N) is 1. The first-order valence-electron chi connectivity index (χ1n) is 5.08. The van der Waals surface area contributed by atoms with Crippen LogP contribution in [0.2, 0.25) is 5.02 Å². The Morgan fingerprint density at radius 2 is 1.94 bits per heavy atom. The van der Waals surface area contributed by atoms with Gasteiger partial charge in [-0.05, 0) is 30.7 Å². The van der Waals surface area contributed by atoms with Crippen molar-refractivity contribution < 1.29 is 0 Å². The summed E-state index contributed by atoms with van der Waals surface area (Å²) in [6.45, 7) is 2.48. The van der Waals surface area contributed by atoms with Crippen LogP contribution >= 0.6 is 11.6 Å². The maximum Gasteiger partial charge on any atom is 0.251 e. The molecule has 2 nitrogen and oxygen atoms in total. The molecular formula is C13H12ClNO. The smallest absolute Gasteiger partial charge is 0.251 e. The van der Waals surface area contributed by atoms with Crippen molar-refractivity contribution in [3.05, 3.63) is 69.1 Å². The summed E-state index contributed by atoms with van der Waals surface area (Å²) in [5, 5.41) is 0.694. The number of aromatic nitrogens is 1. The molecule has 0 unspecified atom stereocenters. The zero-order chi connectivity index (χ0) is 11.5. The van der Waals surface area contributed by atoms with Crippen molar-refractivity contribution in [3.63, 3.8) is 0 Å². The summed E-state index contributed by atoms with van der Waals surface area (Å²) in [7, 11) is 0. The molecule has 0 N–H and O–H groups in total. The molecule has 0 fully saturated rings. The second-order valence-electron chi connectivity index (χ2n) is 3.72. The first-order chi connectivity index (χ1) is 7.66. The standard InChI is InChI=1S/C13H12ClNO/c1-10-4-2-7-13(16)15(10)9-11-5-3-6-12(14)8-11/h2-8H,9H2,1H3. The zero-order valence-corrected chi connectivity index (χ0v) is 9.74. The van der Waals surface area contributed by atoms with E-state index >= 15 is 0 Å². The molecule has 0 spiro atoms. The monoisotopic (exact) mass is 233 g/mol. The Bertz CT molecular complexity index is 560. The van der Waals surface area contributed by atoms with Crippen LogP contribution in [0.3, 0.4) is 0 Å². The molecule has 0 aliphatic heterocycles. The van der Waals surface area contributed by atoms with Crippen molar-refractivity contribution >= 4 is 11.6 Å². The Balaban J connectivity index is 2.38. The fraction of sp³-hybridized carbons (Fsp3) is 0.154. The normalized spacial score (nSPS) is 10.4. The van der Waals surface area contributed by atoms with Gasteiger partial charge in [-0.25, -0.2) is 0 Å². The van der Waals surface area contributed by atoms with Gasteiger partial charge in [-0.2, -0.15) is 0 Å². The number of rotatable bonds is 2. The van der Waals surface area contributed by atoms with E-state index in [1.54, 1.807) is 16.7 Å². The number of aryl methyl sites for hydroxylation is 1. The lowest BCUT2D eigenvalue weighted by Crippen LogP contribution is -2.21. The first kappa shape index (κ1) is 11.0. The minimum atomic E-state index is 0.0139. The van der Waals surface area contributed by atoms with E-state index in [0.29, 0.717) is 11.6 Å². The van der Waals surface area contributed by atoms with Crippen molar-refractivity contribution in [2.75, 3.05) is 0 Å². The first-order valence-corrected chi connectivity index (χ1v) is 5.45. The van der Waals surface area contributed by atoms with Gasteiger partial charge in [-0.1, -0.05) is 29.8 Å². The van der Waals surface area contributed by atoms with Crippen LogP contribution < -0.4 is 5.56 Å². The number of hydrogen-bond donors (Lipinski definition) is 0. The highest BCUT2D eigenvalue weighted by atomic mass is 35.5. The van der Waals surface area contributed by atoms with E-state index in [0.717, 1.165) is 11.3 Å². The molecule has 0 aliphatic carbocycles. The zero-order valence-electron chi connectivity index (χ0n) is 8.98. The second-order valence-corrected chi connectivity index (χ2v) is 4.16. The maximum absolute atomic E-state index is 11.7. The van der Waals surface area contributed by atoms with Gasteiger partial charge in [0.2, 0.25) is 0 Å². The lowest BCUT2D eigenvalue weighted by atomic mass is 10.2. The minimum Gasteiger partial charge on any atom is -0.309 e. The molecule has 0 saturated heterocycles. The van der Waals surface area contributed by atoms with Gasteiger partial charge >= 0.3 is 0 Å². The molecule has 0 amide bonds. The SMILES string of the molecule is Cc1cccc(=O)n1Cc1cccc(Cl)c1. The molecular weight excluding hydrogens is 222 g/mol. The van der Waals surface area contributed by atoms with Gasteiger partial charge in [0.15, 0.2) is 0 Å². The van der Waals surface area contributed by atoms with Crippen LogP contribution in [0.5, 0.6) is 0 Å². The molecule has 16 heavy (non-hydrogen) atoms. The topological polar surface area (TPSA) is 22.0 Å². The Morgan fingerprint density at radius 3 is 2.62 bits per heavy atom. The van der Waals surface area contributed by atoms with Gasteiger partial charge in [0.05, 0.1) is 6.54 Å². The van der Waals surface area contributed by atoms with Crippen LogP contribution in [0, 0.1) is 6.92 Å². The third kappa shape index (κ3) is 2.34. The Kier molecular flexibility index (Phi) is 3.11. The Hall–Kier alpha value is -1.54. The largest absolute Gasteiger partial charge is 0.309 e. The molecule has 1 heterocycles. The summed E-state index contributed by atoms with van der Waals surface area (Å²) in [6, 6.07) is 12.8. The van der Waals surface area contributed by atoms with Crippen LogP contribution in [0.4, 0.5) is 0 Å². The van der Waals surface area contributed by atoms with Crippen LogP contribution in [0.1, 0.15) is 11.3 Å². The van der Waals surface area contributed by atoms with Gasteiger partial charge in [0, 0.05) is 16.8 Å². The van der Waals surface area contributed by atoms with E-state index < -0.39 is 0 Å². The number of halogens is 1. The highest BCUT2D eigenvalue weighted by molar-refractivity contribution is 6.30. The molecule has 2 aromatic rings. The van der Waals surface area contributed by atoms with E-state index in [4.69, 9.17) is 11.6 Å². The summed E-state index contributed by atoms with van der Waals surface area (Å²) in [5.74, 6) is 0. The number of benzene rings is 1. The van der Waals surface area contributed by atoms with Gasteiger partial charge in [0.1, 0.15) is 0 Å². The average molecular weight is 234 g/mol. The highest BCUT2D eigenvalue weighted by Crippen LogP contribution is 2.11. The van der Waals surface area contributed by atoms with Gasteiger partial charge in [0.25, 0.3) is 5.56 Å². The lowest BCUT2D eigenvalue weighted by molar-refractivity contribution is 0.730. The van der Waals surface area contributed by atoms with E-state index in [-0.39, 0.29) is 5.56 Å². The number of hydrogen-bond acceptors (Lipinski definition) is 1. The van der Waals surface area contributed by atoms with Crippen LogP contribution in [0.25, 0.3) is 0 Å². The minimum absolute atomic E-state index is 0.0139. The van der Waals surface area contributed by atoms with Crippen LogP contribution in [0.15, 0.2) is 47.3 Å². The van der Waals surface area contributed by atoms with E-state index in [1.807, 2.05) is 37.3 Å². The van der Waals surface area contributed by atoms with Crippen molar-refractivity contribution in [2.24, 2.45) is 0 Å². The maximum atomic E-state index is 11.7. The molecule has 0 atom stereocenters. The van der Waals surface area contributed by atoms with Crippen molar-refractivity contribution in [2.45, 2.75) is 13.5 Å². The molecule has 1 aromatic carbocycles. The van der Waals surface area contributed by atoms with Gasteiger partial charge in [-0.15, -0.1) is 0 Å². The lowest BCUT2D eigenvalue weighted by Gasteiger charge is -2.09. The highest BCUT2D eigenvalue weighted by Gasteiger charge is 2.00. The molecule has 0 aliphatic rings. The molecule has 82 valence electrons. The molecule has 2 rings (SSSR count). The molecule has 0 radical (unpaired) electrons. The van der Waals surface area contributed by atoms with E-state index in [1.165, 1.54) is 0 Å². The van der Waals surface area contributed by atoms with Gasteiger partial charge in [-0.3, -0.25) is 4.79 Å². The predicted molar refractivity (Wildman–Crippen MR) is 66.0 cm³/mol. The van der Waals surface area contributed by atoms with Crippen LogP contribution in [-0.4, -0.2) is 4.57 Å². The van der Waals surface area contributed by atoms with E-state index in [9.17, 15) is 4.79 Å². The summed E-state index contributed by atoms with van der Waals surface area (Å²) in [5.41, 5.74) is 2.00. The summed E-state index contributed by atoms with van der Waals surface area (Å²) in [6.07, 6.45) is 0. The summed E-state index contributed by atoms with van der Waals surface area (Å²) in [4.78, 5) is 11.7. The van der Waals surface area contributed by atoms with E-state index in [2.05, 4.69) is 0 Å². The molecule has 3 heteroatoms. The Labute approximate surface area is 99.1 Å². The third-order valence-corrected chi connectivity index (χ3v) is 2.73. The van der Waals surface area contributed by atoms with Crippen molar-refractivity contribution in [3.8, 4) is 0 Å². The number of pyridine rings is 1. The predicted octanol–water partition coefficient (Wildman–Crippen LogP) is 2.86. The molecule has 0 saturated carbocycles. The summed E-state index contributed by atoms with van der Waals surface area (Å²) < 4.78 is 1.73. The Morgan fingerprint density at radius 1 is 1.19 bits per heavy atom. The van der Waals surface area contributed by atoms with Crippen molar-refractivity contribution in [1.29, 1.82) is 0 Å². The molecule has 1 aromatic heterocycles.